The van der Waals surface area contributed by atoms with Crippen molar-refractivity contribution in [2.24, 2.45) is 0 Å². The largest absolute Gasteiger partial charge is 0.462 e. The lowest BCUT2D eigenvalue weighted by Gasteiger charge is -2.13. The van der Waals surface area contributed by atoms with Crippen LogP contribution in [0, 0.1) is 0 Å². The molecule has 0 aliphatic carbocycles. The van der Waals surface area contributed by atoms with Gasteiger partial charge in [-0.05, 0) is 25.5 Å². The van der Waals surface area contributed by atoms with Gasteiger partial charge in [0.1, 0.15) is 0 Å². The lowest BCUT2D eigenvalue weighted by Crippen LogP contribution is -2.17. The van der Waals surface area contributed by atoms with E-state index in [9.17, 15) is 9.59 Å². The van der Waals surface area contributed by atoms with E-state index in [1.165, 1.54) is 0 Å². The molecule has 0 saturated carbocycles. The second-order valence-electron chi connectivity index (χ2n) is 4.33. The lowest BCUT2D eigenvalue weighted by molar-refractivity contribution is 0.0461. The molecule has 1 rings (SSSR count). The van der Waals surface area contributed by atoms with Crippen molar-refractivity contribution in [3.05, 3.63) is 34.9 Å². The Balaban J connectivity index is 3.05. The Hall–Kier alpha value is -1.92. The zero-order valence-corrected chi connectivity index (χ0v) is 13.2. The molecule has 0 bridgehead atoms. The van der Waals surface area contributed by atoms with Gasteiger partial charge in [-0.25, -0.2) is 9.59 Å². The maximum absolute atomic E-state index is 12.2. The van der Waals surface area contributed by atoms with Crippen LogP contribution >= 0.6 is 0 Å². The van der Waals surface area contributed by atoms with Gasteiger partial charge in [0, 0.05) is 7.11 Å². The number of ether oxygens (including phenoxy) is 4. The number of hydrogen-bond donors (Lipinski definition) is 0. The average molecular weight is 310 g/mol. The van der Waals surface area contributed by atoms with Crippen LogP contribution in [0.3, 0.4) is 0 Å². The number of rotatable bonds is 9. The molecule has 1 aromatic rings. The van der Waals surface area contributed by atoms with Crippen LogP contribution in [0.15, 0.2) is 18.2 Å². The lowest BCUT2D eigenvalue weighted by atomic mass is 10.0. The molecule has 6 nitrogen and oxygen atoms in total. The van der Waals surface area contributed by atoms with Crippen molar-refractivity contribution in [2.45, 2.75) is 20.5 Å². The highest BCUT2D eigenvalue weighted by atomic mass is 16.5. The summed E-state index contributed by atoms with van der Waals surface area (Å²) in [5, 5.41) is 0. The topological polar surface area (TPSA) is 71.1 Å². The predicted molar refractivity (Wildman–Crippen MR) is 79.9 cm³/mol. The highest BCUT2D eigenvalue weighted by molar-refractivity contribution is 6.04. The normalized spacial score (nSPS) is 10.3. The minimum absolute atomic E-state index is 0.185. The van der Waals surface area contributed by atoms with Gasteiger partial charge in [0.25, 0.3) is 0 Å². The van der Waals surface area contributed by atoms with E-state index in [0.29, 0.717) is 18.8 Å². The van der Waals surface area contributed by atoms with Crippen molar-refractivity contribution in [3.63, 3.8) is 0 Å². The van der Waals surface area contributed by atoms with Gasteiger partial charge < -0.3 is 18.9 Å². The summed E-state index contributed by atoms with van der Waals surface area (Å²) >= 11 is 0. The van der Waals surface area contributed by atoms with E-state index in [1.54, 1.807) is 39.2 Å². The molecule has 1 aromatic carbocycles. The first kappa shape index (κ1) is 18.1. The molecule has 22 heavy (non-hydrogen) atoms. The first-order valence-electron chi connectivity index (χ1n) is 7.18. The SMILES string of the molecule is CCOC(=O)c1cccc(COCCOC)c1C(=O)OCC. The molecule has 0 aromatic heterocycles. The van der Waals surface area contributed by atoms with E-state index in [2.05, 4.69) is 0 Å². The molecule has 0 aliphatic rings. The van der Waals surface area contributed by atoms with Crippen molar-refractivity contribution in [3.8, 4) is 0 Å². The number of carbonyl (C=O) groups is 2. The quantitative estimate of drug-likeness (QED) is 0.514. The molecular weight excluding hydrogens is 288 g/mol. The molecule has 0 heterocycles. The van der Waals surface area contributed by atoms with Crippen LogP contribution in [0.2, 0.25) is 0 Å². The minimum atomic E-state index is -0.559. The monoisotopic (exact) mass is 310 g/mol. The second kappa shape index (κ2) is 9.92. The molecule has 122 valence electrons. The van der Waals surface area contributed by atoms with Gasteiger partial charge in [0.05, 0.1) is 44.2 Å². The first-order chi connectivity index (χ1) is 10.7. The minimum Gasteiger partial charge on any atom is -0.462 e. The molecule has 0 radical (unpaired) electrons. The number of carbonyl (C=O) groups excluding carboxylic acids is 2. The highest BCUT2D eigenvalue weighted by Crippen LogP contribution is 2.19. The standard InChI is InChI=1S/C16H22O6/c1-4-21-15(17)13-8-6-7-12(11-20-10-9-19-3)14(13)16(18)22-5-2/h6-8H,4-5,9-11H2,1-3H3. The maximum atomic E-state index is 12.2. The van der Waals surface area contributed by atoms with E-state index in [-0.39, 0.29) is 30.9 Å². The van der Waals surface area contributed by atoms with E-state index in [1.807, 2.05) is 0 Å². The Morgan fingerprint density at radius 1 is 1.00 bits per heavy atom. The molecule has 6 heteroatoms. The van der Waals surface area contributed by atoms with E-state index >= 15 is 0 Å². The molecule has 0 aliphatic heterocycles. The Morgan fingerprint density at radius 3 is 2.32 bits per heavy atom. The molecular formula is C16H22O6. The van der Waals surface area contributed by atoms with Crippen LogP contribution in [0.4, 0.5) is 0 Å². The van der Waals surface area contributed by atoms with Crippen molar-refractivity contribution in [1.82, 2.24) is 0 Å². The van der Waals surface area contributed by atoms with Crippen LogP contribution in [-0.2, 0) is 25.6 Å². The maximum Gasteiger partial charge on any atom is 0.339 e. The fourth-order valence-corrected chi connectivity index (χ4v) is 1.87. The van der Waals surface area contributed by atoms with Gasteiger partial charge >= 0.3 is 11.9 Å². The molecule has 0 unspecified atom stereocenters. The van der Waals surface area contributed by atoms with E-state index in [0.717, 1.165) is 0 Å². The fraction of sp³-hybridized carbons (Fsp3) is 0.500. The third-order valence-corrected chi connectivity index (χ3v) is 2.82. The van der Waals surface area contributed by atoms with Crippen molar-refractivity contribution in [1.29, 1.82) is 0 Å². The number of esters is 2. The summed E-state index contributed by atoms with van der Waals surface area (Å²) < 4.78 is 20.4. The van der Waals surface area contributed by atoms with Crippen molar-refractivity contribution >= 4 is 11.9 Å². The zero-order valence-electron chi connectivity index (χ0n) is 13.2. The molecule has 0 atom stereocenters. The summed E-state index contributed by atoms with van der Waals surface area (Å²) in [6, 6.07) is 4.95. The Bertz CT molecular complexity index is 497. The summed E-state index contributed by atoms with van der Waals surface area (Å²) in [7, 11) is 1.58. The van der Waals surface area contributed by atoms with Crippen LogP contribution in [0.5, 0.6) is 0 Å². The van der Waals surface area contributed by atoms with Crippen LogP contribution in [0.25, 0.3) is 0 Å². The van der Waals surface area contributed by atoms with Gasteiger partial charge in [0.15, 0.2) is 0 Å². The third-order valence-electron chi connectivity index (χ3n) is 2.82. The van der Waals surface area contributed by atoms with E-state index < -0.39 is 11.9 Å². The first-order valence-corrected chi connectivity index (χ1v) is 7.18. The summed E-state index contributed by atoms with van der Waals surface area (Å²) in [6.45, 7) is 4.90. The van der Waals surface area contributed by atoms with Crippen molar-refractivity contribution < 1.29 is 28.5 Å². The van der Waals surface area contributed by atoms with Crippen LogP contribution < -0.4 is 0 Å². The smallest absolute Gasteiger partial charge is 0.339 e. The second-order valence-corrected chi connectivity index (χ2v) is 4.33. The van der Waals surface area contributed by atoms with Gasteiger partial charge in [-0.2, -0.15) is 0 Å². The predicted octanol–water partition coefficient (Wildman–Crippen LogP) is 2.20. The average Bonchev–Trinajstić information content (AvgIpc) is 2.51. The molecule has 0 fully saturated rings. The summed E-state index contributed by atoms with van der Waals surface area (Å²) in [5.41, 5.74) is 0.966. The summed E-state index contributed by atoms with van der Waals surface area (Å²) in [5.74, 6) is -1.11. The van der Waals surface area contributed by atoms with Gasteiger partial charge in [-0.1, -0.05) is 12.1 Å². The number of methoxy groups -OCH3 is 1. The van der Waals surface area contributed by atoms with Crippen LogP contribution in [-0.4, -0.2) is 45.5 Å². The Morgan fingerprint density at radius 2 is 1.68 bits per heavy atom. The van der Waals surface area contributed by atoms with E-state index in [4.69, 9.17) is 18.9 Å². The highest BCUT2D eigenvalue weighted by Gasteiger charge is 2.22. The molecule has 0 N–H and O–H groups in total. The fourth-order valence-electron chi connectivity index (χ4n) is 1.87. The van der Waals surface area contributed by atoms with Gasteiger partial charge in [-0.15, -0.1) is 0 Å². The Kier molecular flexibility index (Phi) is 8.17. The third kappa shape index (κ3) is 5.13. The number of hydrogen-bond acceptors (Lipinski definition) is 6. The zero-order chi connectivity index (χ0) is 16.4. The van der Waals surface area contributed by atoms with Crippen LogP contribution in [0.1, 0.15) is 40.1 Å². The summed E-state index contributed by atoms with van der Waals surface area (Å²) in [4.78, 5) is 24.2. The van der Waals surface area contributed by atoms with Gasteiger partial charge in [-0.3, -0.25) is 0 Å². The molecule has 0 spiro atoms. The Labute approximate surface area is 130 Å². The van der Waals surface area contributed by atoms with Crippen molar-refractivity contribution in [2.75, 3.05) is 33.5 Å². The molecule has 0 amide bonds. The molecule has 0 saturated heterocycles. The number of benzene rings is 1. The summed E-state index contributed by atoms with van der Waals surface area (Å²) in [6.07, 6.45) is 0. The van der Waals surface area contributed by atoms with Gasteiger partial charge in [0.2, 0.25) is 0 Å².